The van der Waals surface area contributed by atoms with Crippen LogP contribution in [0.1, 0.15) is 19.3 Å². The van der Waals surface area contributed by atoms with Crippen molar-refractivity contribution in [3.05, 3.63) is 0 Å². The van der Waals surface area contributed by atoms with Gasteiger partial charge in [0.25, 0.3) is 0 Å². The molecule has 0 aromatic rings. The summed E-state index contributed by atoms with van der Waals surface area (Å²) in [6.07, 6.45) is 2.20. The molecule has 1 unspecified atom stereocenters. The number of morpholine rings is 1. The zero-order chi connectivity index (χ0) is 11.4. The first-order valence-electron chi connectivity index (χ1n) is 5.90. The van der Waals surface area contributed by atoms with E-state index in [9.17, 15) is 4.79 Å². The molecule has 0 saturated carbocycles. The number of ether oxygens (including phenoxy) is 2. The van der Waals surface area contributed by atoms with Gasteiger partial charge in [-0.2, -0.15) is 0 Å². The number of carboxylic acids is 1. The minimum atomic E-state index is -0.743. The smallest absolute Gasteiger partial charge is 0.305 e. The Hall–Kier alpha value is -0.650. The Balaban J connectivity index is 1.94. The summed E-state index contributed by atoms with van der Waals surface area (Å²) in [5, 5.41) is 8.87. The highest BCUT2D eigenvalue weighted by Gasteiger charge is 2.31. The van der Waals surface area contributed by atoms with Gasteiger partial charge in [-0.1, -0.05) is 0 Å². The van der Waals surface area contributed by atoms with Gasteiger partial charge in [0, 0.05) is 31.8 Å². The molecule has 0 bridgehead atoms. The molecular weight excluding hydrogens is 210 g/mol. The molecule has 2 saturated heterocycles. The monoisotopic (exact) mass is 229 g/mol. The molecular formula is C11H19NO4. The van der Waals surface area contributed by atoms with Gasteiger partial charge in [0.05, 0.1) is 19.6 Å². The van der Waals surface area contributed by atoms with E-state index in [1.807, 2.05) is 0 Å². The minimum absolute atomic E-state index is 0.0364. The van der Waals surface area contributed by atoms with E-state index in [0.29, 0.717) is 19.3 Å². The molecule has 2 aliphatic heterocycles. The van der Waals surface area contributed by atoms with E-state index < -0.39 is 5.97 Å². The quantitative estimate of drug-likeness (QED) is 0.756. The molecule has 1 atom stereocenters. The van der Waals surface area contributed by atoms with Crippen LogP contribution >= 0.6 is 0 Å². The molecule has 0 aliphatic carbocycles. The van der Waals surface area contributed by atoms with Crippen molar-refractivity contribution in [2.24, 2.45) is 0 Å². The van der Waals surface area contributed by atoms with Crippen LogP contribution in [0.3, 0.4) is 0 Å². The van der Waals surface area contributed by atoms with Gasteiger partial charge >= 0.3 is 5.97 Å². The van der Waals surface area contributed by atoms with Crippen LogP contribution in [0.2, 0.25) is 0 Å². The van der Waals surface area contributed by atoms with Crippen LogP contribution in [0, 0.1) is 0 Å². The fourth-order valence-electron chi connectivity index (χ4n) is 2.54. The molecule has 2 heterocycles. The van der Waals surface area contributed by atoms with Gasteiger partial charge in [-0.15, -0.1) is 0 Å². The Kier molecular flexibility index (Phi) is 4.15. The highest BCUT2D eigenvalue weighted by atomic mass is 16.5. The minimum Gasteiger partial charge on any atom is -0.481 e. The lowest BCUT2D eigenvalue weighted by Gasteiger charge is -2.41. The molecule has 0 amide bonds. The Bertz CT molecular complexity index is 240. The number of nitrogens with zero attached hydrogens (tertiary/aromatic N) is 1. The van der Waals surface area contributed by atoms with Crippen LogP contribution in [0.25, 0.3) is 0 Å². The summed E-state index contributed by atoms with van der Waals surface area (Å²) in [6.45, 7) is 3.70. The first-order chi connectivity index (χ1) is 7.77. The Morgan fingerprint density at radius 2 is 2.00 bits per heavy atom. The van der Waals surface area contributed by atoms with Crippen LogP contribution in [0.15, 0.2) is 0 Å². The molecule has 0 spiro atoms. The highest BCUT2D eigenvalue weighted by molar-refractivity contribution is 5.67. The van der Waals surface area contributed by atoms with E-state index in [1.54, 1.807) is 0 Å². The molecule has 0 radical (unpaired) electrons. The first kappa shape index (κ1) is 11.8. The van der Waals surface area contributed by atoms with Gasteiger partial charge in [-0.05, 0) is 12.8 Å². The Labute approximate surface area is 95.3 Å². The lowest BCUT2D eigenvalue weighted by molar-refractivity contribution is -0.141. The van der Waals surface area contributed by atoms with Gasteiger partial charge in [0.2, 0.25) is 0 Å². The van der Waals surface area contributed by atoms with Crippen molar-refractivity contribution in [2.75, 3.05) is 33.0 Å². The topological polar surface area (TPSA) is 59.0 Å². The molecule has 92 valence electrons. The van der Waals surface area contributed by atoms with Gasteiger partial charge < -0.3 is 14.6 Å². The average molecular weight is 229 g/mol. The number of hydrogen-bond acceptors (Lipinski definition) is 4. The normalized spacial score (nSPS) is 29.1. The maximum Gasteiger partial charge on any atom is 0.305 e. The third kappa shape index (κ3) is 2.93. The van der Waals surface area contributed by atoms with Crippen molar-refractivity contribution in [1.29, 1.82) is 0 Å². The molecule has 0 aromatic carbocycles. The van der Waals surface area contributed by atoms with Crippen molar-refractivity contribution in [1.82, 2.24) is 4.90 Å². The zero-order valence-electron chi connectivity index (χ0n) is 9.43. The number of carboxylic acid groups (broad SMARTS) is 1. The standard InChI is InChI=1S/C11H19NO4/c13-11(14)7-10-8-16-6-3-12(10)9-1-4-15-5-2-9/h9-10H,1-8H2,(H,13,14). The van der Waals surface area contributed by atoms with Crippen molar-refractivity contribution < 1.29 is 19.4 Å². The van der Waals surface area contributed by atoms with Crippen molar-refractivity contribution in [2.45, 2.75) is 31.3 Å². The fourth-order valence-corrected chi connectivity index (χ4v) is 2.54. The fraction of sp³-hybridized carbons (Fsp3) is 0.909. The molecule has 5 nitrogen and oxygen atoms in total. The molecule has 5 heteroatoms. The SMILES string of the molecule is O=C(O)CC1COCCN1C1CCOCC1. The third-order valence-corrected chi connectivity index (χ3v) is 3.34. The summed E-state index contributed by atoms with van der Waals surface area (Å²) in [6, 6.07) is 0.511. The van der Waals surface area contributed by atoms with Crippen molar-refractivity contribution in [3.63, 3.8) is 0 Å². The average Bonchev–Trinajstić information content (AvgIpc) is 2.30. The summed E-state index contributed by atoms with van der Waals surface area (Å²) < 4.78 is 10.7. The lowest BCUT2D eigenvalue weighted by Crippen LogP contribution is -2.52. The predicted octanol–water partition coefficient (Wildman–Crippen LogP) is 0.341. The van der Waals surface area contributed by atoms with E-state index >= 15 is 0 Å². The van der Waals surface area contributed by atoms with Gasteiger partial charge in [-0.25, -0.2) is 0 Å². The van der Waals surface area contributed by atoms with Gasteiger partial charge in [-0.3, -0.25) is 9.69 Å². The maximum atomic E-state index is 10.8. The van der Waals surface area contributed by atoms with Crippen LogP contribution in [-0.2, 0) is 14.3 Å². The number of hydrogen-bond donors (Lipinski definition) is 1. The maximum absolute atomic E-state index is 10.8. The van der Waals surface area contributed by atoms with Crippen molar-refractivity contribution in [3.8, 4) is 0 Å². The predicted molar refractivity (Wildman–Crippen MR) is 57.4 cm³/mol. The summed E-state index contributed by atoms with van der Waals surface area (Å²) in [7, 11) is 0. The number of rotatable bonds is 3. The summed E-state index contributed by atoms with van der Waals surface area (Å²) in [5.41, 5.74) is 0. The summed E-state index contributed by atoms with van der Waals surface area (Å²) in [4.78, 5) is 13.1. The Morgan fingerprint density at radius 1 is 1.25 bits per heavy atom. The van der Waals surface area contributed by atoms with Crippen LogP contribution in [0.4, 0.5) is 0 Å². The number of carbonyl (C=O) groups is 1. The van der Waals surface area contributed by atoms with E-state index in [1.165, 1.54) is 0 Å². The van der Waals surface area contributed by atoms with E-state index in [2.05, 4.69) is 4.90 Å². The molecule has 2 rings (SSSR count). The van der Waals surface area contributed by atoms with E-state index in [0.717, 1.165) is 32.6 Å². The van der Waals surface area contributed by atoms with Crippen LogP contribution in [0.5, 0.6) is 0 Å². The molecule has 1 N–H and O–H groups in total. The van der Waals surface area contributed by atoms with E-state index in [-0.39, 0.29) is 12.5 Å². The lowest BCUT2D eigenvalue weighted by atomic mass is 10.0. The summed E-state index contributed by atoms with van der Waals surface area (Å²) >= 11 is 0. The Morgan fingerprint density at radius 3 is 2.69 bits per heavy atom. The van der Waals surface area contributed by atoms with E-state index in [4.69, 9.17) is 14.6 Å². The number of aliphatic carboxylic acids is 1. The molecule has 0 aromatic heterocycles. The van der Waals surface area contributed by atoms with Crippen LogP contribution < -0.4 is 0 Å². The molecule has 2 fully saturated rings. The third-order valence-electron chi connectivity index (χ3n) is 3.34. The van der Waals surface area contributed by atoms with Crippen LogP contribution in [-0.4, -0.2) is 61.0 Å². The summed E-state index contributed by atoms with van der Waals surface area (Å²) in [5.74, 6) is -0.743. The second-order valence-corrected chi connectivity index (χ2v) is 4.41. The van der Waals surface area contributed by atoms with Crippen molar-refractivity contribution >= 4 is 5.97 Å². The second kappa shape index (κ2) is 5.61. The highest BCUT2D eigenvalue weighted by Crippen LogP contribution is 2.21. The van der Waals surface area contributed by atoms with Gasteiger partial charge in [0.1, 0.15) is 0 Å². The molecule has 2 aliphatic rings. The van der Waals surface area contributed by atoms with Gasteiger partial charge in [0.15, 0.2) is 0 Å². The molecule has 16 heavy (non-hydrogen) atoms. The first-order valence-corrected chi connectivity index (χ1v) is 5.90. The largest absolute Gasteiger partial charge is 0.481 e. The second-order valence-electron chi connectivity index (χ2n) is 4.41. The zero-order valence-corrected chi connectivity index (χ0v) is 9.43.